The number of piperazine rings is 1. The molecule has 3 aromatic rings. The molecule has 13 nitrogen and oxygen atoms in total. The van der Waals surface area contributed by atoms with E-state index in [1.807, 2.05) is 42.5 Å². The summed E-state index contributed by atoms with van der Waals surface area (Å²) in [6.45, 7) is 8.62. The fourth-order valence-corrected chi connectivity index (χ4v) is 10.6. The van der Waals surface area contributed by atoms with Crippen LogP contribution in [0.2, 0.25) is 0 Å². The summed E-state index contributed by atoms with van der Waals surface area (Å²) in [5, 5.41) is 27.1. The molecule has 0 aliphatic carbocycles. The number of aliphatic hydroxyl groups is 1. The Kier molecular flexibility index (Phi) is 9.43. The second-order valence-electron chi connectivity index (χ2n) is 16.0. The largest absolute Gasteiger partial charge is 0.543 e. The minimum atomic E-state index is -4.04. The van der Waals surface area contributed by atoms with Crippen molar-refractivity contribution in [2.75, 3.05) is 76.1 Å². The fraction of sp³-hybridized carbons (Fsp3) is 0.462. The Bertz CT molecular complexity index is 2130. The lowest BCUT2D eigenvalue weighted by molar-refractivity contribution is -1.01. The number of nitrogens with one attached hydrogen (secondary N) is 1. The number of β-lactam (4-membered cyclic amide) rings is 1. The first kappa shape index (κ1) is 37.0. The summed E-state index contributed by atoms with van der Waals surface area (Å²) in [5.41, 5.74) is 7.40. The number of nitrogens with zero attached hydrogens (tertiary/aromatic N) is 4. The lowest BCUT2D eigenvalue weighted by atomic mass is 9.78. The minimum Gasteiger partial charge on any atom is -0.543 e. The second-order valence-corrected chi connectivity index (χ2v) is 17.8. The number of carboxylic acid groups (broad SMARTS) is 1. The molecule has 3 aromatic carbocycles. The number of anilines is 2. The number of amides is 2. The molecule has 2 amide bonds. The van der Waals surface area contributed by atoms with Crippen LogP contribution in [0.3, 0.4) is 0 Å². The number of hydrogen-bond donors (Lipinski definition) is 3. The maximum absolute atomic E-state index is 14.1. The lowest BCUT2D eigenvalue weighted by Gasteiger charge is -2.47. The van der Waals surface area contributed by atoms with Crippen LogP contribution in [0.25, 0.3) is 10.8 Å². The van der Waals surface area contributed by atoms with Crippen LogP contribution in [0.4, 0.5) is 11.4 Å². The molecule has 5 N–H and O–H groups in total. The van der Waals surface area contributed by atoms with Gasteiger partial charge in [0.1, 0.15) is 26.2 Å². The van der Waals surface area contributed by atoms with E-state index in [4.69, 9.17) is 0 Å². The first-order valence-corrected chi connectivity index (χ1v) is 19.9. The Balaban J connectivity index is 1.05. The molecule has 2 fully saturated rings. The highest BCUT2D eigenvalue weighted by molar-refractivity contribution is 7.93. The molecule has 0 unspecified atom stereocenters. The van der Waals surface area contributed by atoms with E-state index in [-0.39, 0.29) is 23.0 Å². The van der Waals surface area contributed by atoms with Crippen LogP contribution in [0, 0.1) is 11.8 Å². The zero-order valence-electron chi connectivity index (χ0n) is 30.9. The fourth-order valence-electron chi connectivity index (χ4n) is 8.94. The quantitative estimate of drug-likeness (QED) is 0.174. The summed E-state index contributed by atoms with van der Waals surface area (Å²) >= 11 is 0. The van der Waals surface area contributed by atoms with Gasteiger partial charge in [-0.25, -0.2) is 8.42 Å². The molecule has 4 aliphatic rings. The maximum atomic E-state index is 14.1. The Morgan fingerprint density at radius 2 is 1.70 bits per heavy atom. The highest BCUT2D eigenvalue weighted by Gasteiger charge is 2.59. The SMILES string of the molecule is C[C@@H](O)[C@H]1C(=O)N2C(C(=O)[O-])=C(CN3c4cccc5c(CC[N+]6(C)CC[N+](C)(CC(=O)Nc7ccc(CC[NH3+])cc7)CC6)ccc(c45)S3(=O)=O)[C@H](C)[C@H]12. The van der Waals surface area contributed by atoms with Crippen LogP contribution in [0.15, 0.2) is 70.8 Å². The molecule has 7 rings (SSSR count). The third-order valence-corrected chi connectivity index (χ3v) is 14.0. The Labute approximate surface area is 310 Å². The van der Waals surface area contributed by atoms with Gasteiger partial charge in [0.05, 0.1) is 74.0 Å². The third kappa shape index (κ3) is 6.39. The number of likely N-dealkylation sites (N-methyl/N-ethyl adjacent to an activating group) is 2. The van der Waals surface area contributed by atoms with E-state index in [2.05, 4.69) is 25.1 Å². The van der Waals surface area contributed by atoms with Gasteiger partial charge in [-0.3, -0.25) is 13.9 Å². The summed E-state index contributed by atoms with van der Waals surface area (Å²) in [6, 6.07) is 16.4. The van der Waals surface area contributed by atoms with E-state index in [1.165, 1.54) is 16.8 Å². The predicted molar refractivity (Wildman–Crippen MR) is 197 cm³/mol. The van der Waals surface area contributed by atoms with Gasteiger partial charge in [-0.2, -0.15) is 0 Å². The normalized spacial score (nSPS) is 27.9. The first-order chi connectivity index (χ1) is 25.1. The zero-order valence-corrected chi connectivity index (χ0v) is 31.7. The van der Waals surface area contributed by atoms with Gasteiger partial charge in [0.15, 0.2) is 6.54 Å². The van der Waals surface area contributed by atoms with Gasteiger partial charge < -0.3 is 39.9 Å². The first-order valence-electron chi connectivity index (χ1n) is 18.5. The highest BCUT2D eigenvalue weighted by Crippen LogP contribution is 2.49. The smallest absolute Gasteiger partial charge is 0.279 e. The topological polar surface area (TPSA) is 175 Å². The van der Waals surface area contributed by atoms with E-state index in [9.17, 15) is 33.0 Å². The van der Waals surface area contributed by atoms with Crippen LogP contribution in [0.5, 0.6) is 0 Å². The molecule has 0 bridgehead atoms. The van der Waals surface area contributed by atoms with Gasteiger partial charge in [0, 0.05) is 29.8 Å². The van der Waals surface area contributed by atoms with Crippen LogP contribution in [-0.2, 0) is 37.2 Å². The molecule has 14 heteroatoms. The molecule has 0 radical (unpaired) electrons. The Morgan fingerprint density at radius 3 is 2.34 bits per heavy atom. The predicted octanol–water partition coefficient (Wildman–Crippen LogP) is 0.0824. The molecular weight excluding hydrogens is 697 g/mol. The lowest BCUT2D eigenvalue weighted by Crippen LogP contribution is -2.65. The number of rotatable bonds is 12. The number of sulfonamides is 1. The summed E-state index contributed by atoms with van der Waals surface area (Å²) in [4.78, 5) is 39.6. The molecule has 0 spiro atoms. The number of fused-ring (bicyclic) bond motifs is 1. The summed E-state index contributed by atoms with van der Waals surface area (Å²) < 4.78 is 30.9. The van der Waals surface area contributed by atoms with Crippen LogP contribution in [-0.4, -0.2) is 124 Å². The van der Waals surface area contributed by atoms with Gasteiger partial charge >= 0.3 is 0 Å². The minimum absolute atomic E-state index is 0.00206. The molecule has 282 valence electrons. The van der Waals surface area contributed by atoms with Gasteiger partial charge in [-0.1, -0.05) is 37.3 Å². The molecule has 4 atom stereocenters. The standard InChI is InChI=1S/C39H48N6O7S/c1-24-30(37(39(49)50)43-36(24)34(25(2)46)38(43)48)22-42-31-7-5-6-29-27(10-13-32(35(29)31)53(42,51)52)15-17-44(3)18-20-45(4,21-19-44)23-33(47)41-28-11-8-26(9-12-28)14-16-40/h5-13,24-25,34,36,46H,14-23,40H2,1-4H3/p+2/t24-,25+,34+,36+,44?,45?/m0/s1. The van der Waals surface area contributed by atoms with Gasteiger partial charge in [0.25, 0.3) is 15.9 Å². The molecule has 0 aromatic heterocycles. The van der Waals surface area contributed by atoms with E-state index in [0.29, 0.717) is 27.7 Å². The van der Waals surface area contributed by atoms with E-state index < -0.39 is 45.9 Å². The van der Waals surface area contributed by atoms with Crippen molar-refractivity contribution in [1.29, 1.82) is 0 Å². The molecule has 4 aliphatic heterocycles. The second kappa shape index (κ2) is 13.5. The Morgan fingerprint density at radius 1 is 1.02 bits per heavy atom. The summed E-state index contributed by atoms with van der Waals surface area (Å²) in [6.07, 6.45) is 0.664. The average molecular weight is 747 g/mol. The number of hydrogen-bond acceptors (Lipinski definition) is 7. The Hall–Kier alpha value is -4.34. The van der Waals surface area contributed by atoms with Crippen molar-refractivity contribution in [3.63, 3.8) is 0 Å². The maximum Gasteiger partial charge on any atom is 0.279 e. The molecule has 0 saturated carbocycles. The van der Waals surface area contributed by atoms with Crippen molar-refractivity contribution in [1.82, 2.24) is 4.90 Å². The summed E-state index contributed by atoms with van der Waals surface area (Å²) in [7, 11) is 0.343. The van der Waals surface area contributed by atoms with E-state index >= 15 is 0 Å². The van der Waals surface area contributed by atoms with Crippen molar-refractivity contribution in [2.45, 2.75) is 43.7 Å². The molecule has 2 saturated heterocycles. The van der Waals surface area contributed by atoms with Crippen molar-refractivity contribution in [3.8, 4) is 0 Å². The van der Waals surface area contributed by atoms with Crippen molar-refractivity contribution in [2.24, 2.45) is 11.8 Å². The van der Waals surface area contributed by atoms with Crippen LogP contribution >= 0.6 is 0 Å². The van der Waals surface area contributed by atoms with E-state index in [1.54, 1.807) is 19.1 Å². The average Bonchev–Trinajstić information content (AvgIpc) is 3.48. The number of aliphatic hydroxyl groups excluding tert-OH is 1. The highest BCUT2D eigenvalue weighted by atomic mass is 32.2. The summed E-state index contributed by atoms with van der Waals surface area (Å²) in [5.74, 6) is -3.28. The van der Waals surface area contributed by atoms with Crippen LogP contribution < -0.4 is 20.5 Å². The van der Waals surface area contributed by atoms with Gasteiger partial charge in [-0.15, -0.1) is 0 Å². The molecule has 4 heterocycles. The third-order valence-electron chi connectivity index (χ3n) is 12.2. The number of carboxylic acids is 1. The van der Waals surface area contributed by atoms with Crippen molar-refractivity contribution in [3.05, 3.63) is 77.0 Å². The van der Waals surface area contributed by atoms with Gasteiger partial charge in [-0.05, 0) is 53.3 Å². The van der Waals surface area contributed by atoms with Crippen molar-refractivity contribution < 1.29 is 47.7 Å². The zero-order chi connectivity index (χ0) is 38.0. The molecular formula is C39H50N6O7S+2. The van der Waals surface area contributed by atoms with Crippen LogP contribution in [0.1, 0.15) is 25.0 Å². The monoisotopic (exact) mass is 746 g/mol. The number of carbonyl (C=O) groups is 3. The van der Waals surface area contributed by atoms with Crippen molar-refractivity contribution >= 4 is 50.0 Å². The number of aliphatic carboxylic acids is 1. The van der Waals surface area contributed by atoms with E-state index in [0.717, 1.165) is 78.1 Å². The number of quaternary nitrogens is 3. The number of benzene rings is 3. The van der Waals surface area contributed by atoms with Gasteiger partial charge in [0.2, 0.25) is 5.91 Å². The molecule has 53 heavy (non-hydrogen) atoms. The number of carbonyl (C=O) groups excluding carboxylic acids is 3.